The van der Waals surface area contributed by atoms with E-state index in [4.69, 9.17) is 4.74 Å². The van der Waals surface area contributed by atoms with Crippen LogP contribution in [-0.2, 0) is 16.4 Å². The molecule has 0 amide bonds. The van der Waals surface area contributed by atoms with Gasteiger partial charge in [-0.3, -0.25) is 0 Å². The van der Waals surface area contributed by atoms with Gasteiger partial charge in [-0.1, -0.05) is 6.07 Å². The Hall–Kier alpha value is -1.11. The van der Waals surface area contributed by atoms with Crippen LogP contribution in [0.5, 0.6) is 5.75 Å². The summed E-state index contributed by atoms with van der Waals surface area (Å²) < 4.78 is 30.1. The van der Waals surface area contributed by atoms with E-state index in [1.807, 2.05) is 6.07 Å². The molecule has 1 fully saturated rings. The van der Waals surface area contributed by atoms with Gasteiger partial charge in [0.15, 0.2) is 0 Å². The zero-order chi connectivity index (χ0) is 16.4. The molecule has 1 aromatic carbocycles. The van der Waals surface area contributed by atoms with Gasteiger partial charge in [-0.2, -0.15) is 0 Å². The third-order valence-electron chi connectivity index (χ3n) is 5.03. The molecule has 2 atom stereocenters. The molecule has 23 heavy (non-hydrogen) atoms. The lowest BCUT2D eigenvalue weighted by atomic mass is 9.87. The van der Waals surface area contributed by atoms with Crippen LogP contribution in [0.25, 0.3) is 0 Å². The highest BCUT2D eigenvalue weighted by molar-refractivity contribution is 7.88. The third kappa shape index (κ3) is 3.87. The Balaban J connectivity index is 1.60. The lowest BCUT2D eigenvalue weighted by Crippen LogP contribution is -2.32. The highest BCUT2D eigenvalue weighted by Crippen LogP contribution is 2.32. The van der Waals surface area contributed by atoms with Crippen LogP contribution in [-0.4, -0.2) is 45.7 Å². The van der Waals surface area contributed by atoms with E-state index in [0.29, 0.717) is 25.0 Å². The molecule has 1 saturated heterocycles. The molecule has 1 aliphatic carbocycles. The van der Waals surface area contributed by atoms with Crippen LogP contribution in [0.4, 0.5) is 0 Å². The van der Waals surface area contributed by atoms with Crippen molar-refractivity contribution in [3.8, 4) is 5.75 Å². The molecule has 6 heteroatoms. The van der Waals surface area contributed by atoms with Crippen molar-refractivity contribution in [3.63, 3.8) is 0 Å². The van der Waals surface area contributed by atoms with Crippen LogP contribution >= 0.6 is 0 Å². The summed E-state index contributed by atoms with van der Waals surface area (Å²) in [5.74, 6) is 1.33. The summed E-state index contributed by atoms with van der Waals surface area (Å²) >= 11 is 0. The molecule has 0 aromatic heterocycles. The van der Waals surface area contributed by atoms with Gasteiger partial charge < -0.3 is 10.1 Å². The molecule has 5 nitrogen and oxygen atoms in total. The second kappa shape index (κ2) is 6.79. The van der Waals surface area contributed by atoms with E-state index in [-0.39, 0.29) is 0 Å². The van der Waals surface area contributed by atoms with Gasteiger partial charge in [0.25, 0.3) is 0 Å². The van der Waals surface area contributed by atoms with Gasteiger partial charge in [-0.25, -0.2) is 12.7 Å². The van der Waals surface area contributed by atoms with Gasteiger partial charge in [0, 0.05) is 19.1 Å². The summed E-state index contributed by atoms with van der Waals surface area (Å²) in [7, 11) is -1.34. The van der Waals surface area contributed by atoms with Crippen molar-refractivity contribution in [1.82, 2.24) is 9.62 Å². The first-order valence-electron chi connectivity index (χ1n) is 8.32. The molecule has 0 unspecified atom stereocenters. The van der Waals surface area contributed by atoms with Gasteiger partial charge in [0.2, 0.25) is 10.0 Å². The number of ether oxygens (including phenoxy) is 1. The smallest absolute Gasteiger partial charge is 0.211 e. The SMILES string of the molecule is COc1ccc2c(c1)CCC[C@H]2NC[C@H]1CCN(S(C)(=O)=O)C1. The topological polar surface area (TPSA) is 58.6 Å². The standard InChI is InChI=1S/C17H26N2O3S/c1-22-15-6-7-16-14(10-15)4-3-5-17(16)18-11-13-8-9-19(12-13)23(2,20)21/h6-7,10,13,17-18H,3-5,8-9,11-12H2,1-2H3/t13-,17-/m1/s1. The van der Waals surface area contributed by atoms with E-state index >= 15 is 0 Å². The molecule has 128 valence electrons. The van der Waals surface area contributed by atoms with E-state index in [9.17, 15) is 8.42 Å². The molecule has 1 heterocycles. The minimum atomic E-state index is -3.04. The number of sulfonamides is 1. The quantitative estimate of drug-likeness (QED) is 0.891. The maximum Gasteiger partial charge on any atom is 0.211 e. The first-order chi connectivity index (χ1) is 11.0. The van der Waals surface area contributed by atoms with E-state index in [1.165, 1.54) is 23.8 Å². The number of nitrogens with zero attached hydrogens (tertiary/aromatic N) is 1. The van der Waals surface area contributed by atoms with E-state index in [2.05, 4.69) is 17.4 Å². The van der Waals surface area contributed by atoms with Gasteiger partial charge >= 0.3 is 0 Å². The van der Waals surface area contributed by atoms with Crippen LogP contribution in [0.3, 0.4) is 0 Å². The Labute approximate surface area is 139 Å². The summed E-state index contributed by atoms with van der Waals surface area (Å²) in [6.45, 7) is 2.18. The zero-order valence-corrected chi connectivity index (χ0v) is 14.7. The van der Waals surface area contributed by atoms with Crippen molar-refractivity contribution < 1.29 is 13.2 Å². The van der Waals surface area contributed by atoms with Crippen LogP contribution < -0.4 is 10.1 Å². The van der Waals surface area contributed by atoms with Gasteiger partial charge in [0.1, 0.15) is 5.75 Å². The normalized spacial score (nSPS) is 25.3. The lowest BCUT2D eigenvalue weighted by Gasteiger charge is -2.28. The number of rotatable bonds is 5. The molecule has 2 aliphatic rings. The van der Waals surface area contributed by atoms with Gasteiger partial charge in [-0.05, 0) is 61.4 Å². The van der Waals surface area contributed by atoms with E-state index in [1.54, 1.807) is 11.4 Å². The molecule has 0 spiro atoms. The number of hydrogen-bond donors (Lipinski definition) is 1. The second-order valence-electron chi connectivity index (χ2n) is 6.69. The number of benzene rings is 1. The van der Waals surface area contributed by atoms with E-state index in [0.717, 1.165) is 31.6 Å². The summed E-state index contributed by atoms with van der Waals surface area (Å²) in [4.78, 5) is 0. The fourth-order valence-corrected chi connectivity index (χ4v) is 4.62. The molecule has 1 N–H and O–H groups in total. The molecular formula is C17H26N2O3S. The van der Waals surface area contributed by atoms with Crippen molar-refractivity contribution in [3.05, 3.63) is 29.3 Å². The fourth-order valence-electron chi connectivity index (χ4n) is 3.70. The Morgan fingerprint density at radius 2 is 2.17 bits per heavy atom. The number of methoxy groups -OCH3 is 1. The summed E-state index contributed by atoms with van der Waals surface area (Å²) in [6.07, 6.45) is 5.67. The average Bonchev–Trinajstić information content (AvgIpc) is 3.01. The number of hydrogen-bond acceptors (Lipinski definition) is 4. The number of aryl methyl sites for hydroxylation is 1. The maximum atomic E-state index is 11.6. The Kier molecular flexibility index (Phi) is 4.94. The Morgan fingerprint density at radius 3 is 2.87 bits per heavy atom. The summed E-state index contributed by atoms with van der Waals surface area (Å²) in [5.41, 5.74) is 2.74. The van der Waals surface area contributed by atoms with Gasteiger partial charge in [0.05, 0.1) is 13.4 Å². The van der Waals surface area contributed by atoms with Crippen molar-refractivity contribution in [1.29, 1.82) is 0 Å². The minimum Gasteiger partial charge on any atom is -0.497 e. The predicted octanol–water partition coefficient (Wildman–Crippen LogP) is 1.94. The fraction of sp³-hybridized carbons (Fsp3) is 0.647. The lowest BCUT2D eigenvalue weighted by molar-refractivity contribution is 0.395. The molecule has 3 rings (SSSR count). The Morgan fingerprint density at radius 1 is 1.35 bits per heavy atom. The van der Waals surface area contributed by atoms with Crippen molar-refractivity contribution in [2.45, 2.75) is 31.7 Å². The zero-order valence-electron chi connectivity index (χ0n) is 13.9. The first kappa shape index (κ1) is 16.7. The molecule has 0 radical (unpaired) electrons. The predicted molar refractivity (Wildman–Crippen MR) is 91.2 cm³/mol. The molecule has 0 bridgehead atoms. The third-order valence-corrected chi connectivity index (χ3v) is 6.30. The Bertz CT molecular complexity index is 660. The van der Waals surface area contributed by atoms with Gasteiger partial charge in [-0.15, -0.1) is 0 Å². The molecular weight excluding hydrogens is 312 g/mol. The van der Waals surface area contributed by atoms with Crippen LogP contribution in [0.2, 0.25) is 0 Å². The first-order valence-corrected chi connectivity index (χ1v) is 10.2. The van der Waals surface area contributed by atoms with Crippen LogP contribution in [0.15, 0.2) is 18.2 Å². The average molecular weight is 338 g/mol. The van der Waals surface area contributed by atoms with E-state index < -0.39 is 10.0 Å². The monoisotopic (exact) mass is 338 g/mol. The maximum absolute atomic E-state index is 11.6. The van der Waals surface area contributed by atoms with Crippen LogP contribution in [0, 0.1) is 5.92 Å². The molecule has 1 aliphatic heterocycles. The number of nitrogens with one attached hydrogen (secondary N) is 1. The molecule has 0 saturated carbocycles. The largest absolute Gasteiger partial charge is 0.497 e. The number of fused-ring (bicyclic) bond motifs is 1. The molecule has 1 aromatic rings. The van der Waals surface area contributed by atoms with Crippen molar-refractivity contribution in [2.75, 3.05) is 33.0 Å². The summed E-state index contributed by atoms with van der Waals surface area (Å²) in [5, 5.41) is 3.67. The highest BCUT2D eigenvalue weighted by Gasteiger charge is 2.29. The second-order valence-corrected chi connectivity index (χ2v) is 8.68. The van der Waals surface area contributed by atoms with Crippen molar-refractivity contribution in [2.24, 2.45) is 5.92 Å². The summed E-state index contributed by atoms with van der Waals surface area (Å²) in [6, 6.07) is 6.71. The van der Waals surface area contributed by atoms with Crippen molar-refractivity contribution >= 4 is 10.0 Å². The van der Waals surface area contributed by atoms with Crippen LogP contribution in [0.1, 0.15) is 36.4 Å². The minimum absolute atomic E-state index is 0.372. The highest BCUT2D eigenvalue weighted by atomic mass is 32.2.